The standard InChI is InChI=1S/C14H14BrN3OS/c1-10(17-12-6-4-11(15)5-7-12)14(19)18-16-9-13-3-2-8-20-13/h2-10,17H,1H3,(H,18,19)/t10-/m0/s1. The van der Waals surface area contributed by atoms with E-state index in [1.165, 1.54) is 0 Å². The smallest absolute Gasteiger partial charge is 0.262 e. The number of amides is 1. The predicted octanol–water partition coefficient (Wildman–Crippen LogP) is 3.46. The molecule has 0 spiro atoms. The predicted molar refractivity (Wildman–Crippen MR) is 87.3 cm³/mol. The first-order valence-electron chi connectivity index (χ1n) is 6.03. The van der Waals surface area contributed by atoms with E-state index < -0.39 is 0 Å². The number of hydrogen-bond acceptors (Lipinski definition) is 4. The minimum Gasteiger partial charge on any atom is -0.374 e. The molecule has 104 valence electrons. The second-order valence-electron chi connectivity index (χ2n) is 4.12. The van der Waals surface area contributed by atoms with Crippen molar-refractivity contribution in [1.29, 1.82) is 0 Å². The molecule has 0 aliphatic carbocycles. The van der Waals surface area contributed by atoms with Gasteiger partial charge < -0.3 is 5.32 Å². The Morgan fingerprint density at radius 3 is 2.75 bits per heavy atom. The maximum Gasteiger partial charge on any atom is 0.262 e. The van der Waals surface area contributed by atoms with E-state index in [0.717, 1.165) is 15.0 Å². The van der Waals surface area contributed by atoms with Crippen molar-refractivity contribution in [3.8, 4) is 0 Å². The Labute approximate surface area is 130 Å². The van der Waals surface area contributed by atoms with Crippen molar-refractivity contribution in [1.82, 2.24) is 5.43 Å². The second-order valence-corrected chi connectivity index (χ2v) is 6.02. The first-order chi connectivity index (χ1) is 9.65. The summed E-state index contributed by atoms with van der Waals surface area (Å²) in [6.07, 6.45) is 1.63. The van der Waals surface area contributed by atoms with E-state index in [4.69, 9.17) is 0 Å². The zero-order valence-electron chi connectivity index (χ0n) is 10.8. The number of nitrogens with one attached hydrogen (secondary N) is 2. The highest BCUT2D eigenvalue weighted by Crippen LogP contribution is 2.14. The second kappa shape index (κ2) is 7.21. The topological polar surface area (TPSA) is 53.5 Å². The van der Waals surface area contributed by atoms with E-state index in [2.05, 4.69) is 31.8 Å². The Kier molecular flexibility index (Phi) is 5.31. The molecule has 2 rings (SSSR count). The van der Waals surface area contributed by atoms with Gasteiger partial charge in [-0.1, -0.05) is 22.0 Å². The summed E-state index contributed by atoms with van der Waals surface area (Å²) in [7, 11) is 0. The van der Waals surface area contributed by atoms with E-state index in [9.17, 15) is 4.79 Å². The molecule has 2 aromatic rings. The van der Waals surface area contributed by atoms with Gasteiger partial charge in [0.15, 0.2) is 0 Å². The van der Waals surface area contributed by atoms with Crippen LogP contribution in [0.4, 0.5) is 5.69 Å². The summed E-state index contributed by atoms with van der Waals surface area (Å²) in [5.74, 6) is -0.180. The summed E-state index contributed by atoms with van der Waals surface area (Å²) in [6.45, 7) is 1.79. The highest BCUT2D eigenvalue weighted by atomic mass is 79.9. The Balaban J connectivity index is 1.84. The van der Waals surface area contributed by atoms with Crippen LogP contribution < -0.4 is 10.7 Å². The van der Waals surface area contributed by atoms with Crippen LogP contribution in [0.3, 0.4) is 0 Å². The van der Waals surface area contributed by atoms with Gasteiger partial charge in [-0.2, -0.15) is 5.10 Å². The van der Waals surface area contributed by atoms with Crippen molar-refractivity contribution in [3.63, 3.8) is 0 Å². The Morgan fingerprint density at radius 2 is 2.10 bits per heavy atom. The SMILES string of the molecule is C[C@H](Nc1ccc(Br)cc1)C(=O)NN=Cc1cccs1. The van der Waals surface area contributed by atoms with E-state index in [0.29, 0.717) is 0 Å². The molecule has 0 unspecified atom stereocenters. The fraction of sp³-hybridized carbons (Fsp3) is 0.143. The fourth-order valence-electron chi connectivity index (χ4n) is 1.48. The fourth-order valence-corrected chi connectivity index (χ4v) is 2.33. The van der Waals surface area contributed by atoms with Crippen LogP contribution in [0.1, 0.15) is 11.8 Å². The molecule has 6 heteroatoms. The van der Waals surface area contributed by atoms with Crippen LogP contribution in [-0.2, 0) is 4.79 Å². The molecule has 0 saturated heterocycles. The van der Waals surface area contributed by atoms with E-state index in [1.807, 2.05) is 41.8 Å². The Hall–Kier alpha value is -1.66. The molecule has 1 aromatic carbocycles. The summed E-state index contributed by atoms with van der Waals surface area (Å²) < 4.78 is 1.00. The van der Waals surface area contributed by atoms with Crippen molar-refractivity contribution < 1.29 is 4.79 Å². The molecule has 0 radical (unpaired) electrons. The lowest BCUT2D eigenvalue weighted by Crippen LogP contribution is -2.34. The van der Waals surface area contributed by atoms with Crippen LogP contribution in [0.15, 0.2) is 51.4 Å². The molecule has 0 saturated carbocycles. The number of benzene rings is 1. The van der Waals surface area contributed by atoms with Crippen molar-refractivity contribution >= 4 is 45.1 Å². The van der Waals surface area contributed by atoms with Crippen molar-refractivity contribution in [2.75, 3.05) is 5.32 Å². The monoisotopic (exact) mass is 351 g/mol. The van der Waals surface area contributed by atoms with Gasteiger partial charge in [-0.25, -0.2) is 5.43 Å². The van der Waals surface area contributed by atoms with Gasteiger partial charge in [0.25, 0.3) is 5.91 Å². The molecule has 0 aliphatic heterocycles. The van der Waals surface area contributed by atoms with Crippen LogP contribution >= 0.6 is 27.3 Å². The summed E-state index contributed by atoms with van der Waals surface area (Å²) in [6, 6.07) is 11.2. The number of nitrogens with zero attached hydrogens (tertiary/aromatic N) is 1. The number of thiophene rings is 1. The molecule has 1 amide bonds. The third-order valence-electron chi connectivity index (χ3n) is 2.53. The van der Waals surface area contributed by atoms with Crippen LogP contribution in [0, 0.1) is 0 Å². The number of hydrazone groups is 1. The largest absolute Gasteiger partial charge is 0.374 e. The van der Waals surface area contributed by atoms with Gasteiger partial charge in [-0.05, 0) is 42.6 Å². The number of rotatable bonds is 5. The molecular formula is C14H14BrN3OS. The van der Waals surface area contributed by atoms with E-state index in [-0.39, 0.29) is 11.9 Å². The summed E-state index contributed by atoms with van der Waals surface area (Å²) in [4.78, 5) is 12.8. The lowest BCUT2D eigenvalue weighted by atomic mass is 10.2. The average Bonchev–Trinajstić information content (AvgIpc) is 2.94. The first kappa shape index (κ1) is 14.7. The number of carbonyl (C=O) groups is 1. The Morgan fingerprint density at radius 1 is 1.35 bits per heavy atom. The summed E-state index contributed by atoms with van der Waals surface area (Å²) >= 11 is 4.93. The third-order valence-corrected chi connectivity index (χ3v) is 3.87. The molecule has 2 N–H and O–H groups in total. The summed E-state index contributed by atoms with van der Waals surface area (Å²) in [5.41, 5.74) is 3.40. The molecule has 1 atom stereocenters. The quantitative estimate of drug-likeness (QED) is 0.640. The maximum atomic E-state index is 11.8. The zero-order valence-corrected chi connectivity index (χ0v) is 13.2. The van der Waals surface area contributed by atoms with Crippen molar-refractivity contribution in [2.45, 2.75) is 13.0 Å². The van der Waals surface area contributed by atoms with Crippen molar-refractivity contribution in [2.24, 2.45) is 5.10 Å². The van der Waals surface area contributed by atoms with Gasteiger partial charge in [-0.15, -0.1) is 11.3 Å². The first-order valence-corrected chi connectivity index (χ1v) is 7.71. The molecule has 0 fully saturated rings. The molecular weight excluding hydrogens is 338 g/mol. The zero-order chi connectivity index (χ0) is 14.4. The third kappa shape index (κ3) is 4.47. The highest BCUT2D eigenvalue weighted by Gasteiger charge is 2.11. The summed E-state index contributed by atoms with van der Waals surface area (Å²) in [5, 5.41) is 9.00. The van der Waals surface area contributed by atoms with Gasteiger partial charge in [0.05, 0.1) is 6.21 Å². The molecule has 20 heavy (non-hydrogen) atoms. The molecule has 0 aliphatic rings. The van der Waals surface area contributed by atoms with Gasteiger partial charge in [-0.3, -0.25) is 4.79 Å². The van der Waals surface area contributed by atoms with Crippen LogP contribution in [-0.4, -0.2) is 18.2 Å². The molecule has 0 bridgehead atoms. The minimum atomic E-state index is -0.364. The minimum absolute atomic E-state index is 0.180. The van der Waals surface area contributed by atoms with E-state index >= 15 is 0 Å². The molecule has 4 nitrogen and oxygen atoms in total. The molecule has 1 aromatic heterocycles. The molecule has 1 heterocycles. The lowest BCUT2D eigenvalue weighted by molar-refractivity contribution is -0.121. The van der Waals surface area contributed by atoms with E-state index in [1.54, 1.807) is 24.5 Å². The van der Waals surface area contributed by atoms with Gasteiger partial charge in [0.1, 0.15) is 6.04 Å². The average molecular weight is 352 g/mol. The lowest BCUT2D eigenvalue weighted by Gasteiger charge is -2.13. The number of halogens is 1. The maximum absolute atomic E-state index is 11.8. The number of anilines is 1. The van der Waals surface area contributed by atoms with Crippen LogP contribution in [0.25, 0.3) is 0 Å². The van der Waals surface area contributed by atoms with Gasteiger partial charge in [0, 0.05) is 15.0 Å². The van der Waals surface area contributed by atoms with Gasteiger partial charge >= 0.3 is 0 Å². The van der Waals surface area contributed by atoms with Gasteiger partial charge in [0.2, 0.25) is 0 Å². The highest BCUT2D eigenvalue weighted by molar-refractivity contribution is 9.10. The normalized spacial score (nSPS) is 12.3. The van der Waals surface area contributed by atoms with Crippen LogP contribution in [0.5, 0.6) is 0 Å². The van der Waals surface area contributed by atoms with Crippen molar-refractivity contribution in [3.05, 3.63) is 51.1 Å². The van der Waals surface area contributed by atoms with Crippen LogP contribution in [0.2, 0.25) is 0 Å². The number of hydrogen-bond donors (Lipinski definition) is 2. The Bertz CT molecular complexity index is 581. The number of carbonyl (C=O) groups excluding carboxylic acids is 1.